The number of rotatable bonds is 5. The van der Waals surface area contributed by atoms with E-state index in [1.807, 2.05) is 56.0 Å². The van der Waals surface area contributed by atoms with Crippen molar-refractivity contribution in [2.24, 2.45) is 0 Å². The van der Waals surface area contributed by atoms with Gasteiger partial charge in [0.1, 0.15) is 12.2 Å². The number of amides is 1. The fraction of sp³-hybridized carbons (Fsp3) is 0.636. The molecule has 1 aromatic carbocycles. The number of esters is 1. The predicted octanol–water partition coefficient (Wildman–Crippen LogP) is 2.56. The van der Waals surface area contributed by atoms with Gasteiger partial charge in [0, 0.05) is 12.6 Å². The van der Waals surface area contributed by atoms with Crippen LogP contribution in [0.3, 0.4) is 0 Å². The van der Waals surface area contributed by atoms with Crippen LogP contribution in [0.25, 0.3) is 0 Å². The Balaban J connectivity index is 1.65. The van der Waals surface area contributed by atoms with Gasteiger partial charge in [0.2, 0.25) is 0 Å². The second-order valence-corrected chi connectivity index (χ2v) is 8.99. The molecule has 3 rings (SSSR count). The SMILES string of the molecule is C[C@H](O)[C@@H]1[C@@H]2CC[C@H](CN1CC(=O)OCc1ccccc1)N2C(=O)OC(C)(C)C. The normalized spacial score (nSPS) is 25.6. The number of benzene rings is 1. The van der Waals surface area contributed by atoms with Crippen LogP contribution < -0.4 is 0 Å². The van der Waals surface area contributed by atoms with Crippen molar-refractivity contribution in [1.29, 1.82) is 0 Å². The molecule has 2 saturated heterocycles. The Bertz CT molecular complexity index is 716. The van der Waals surface area contributed by atoms with Crippen molar-refractivity contribution in [3.63, 3.8) is 0 Å². The molecule has 0 aromatic heterocycles. The molecule has 2 heterocycles. The van der Waals surface area contributed by atoms with Crippen LogP contribution in [-0.4, -0.2) is 69.9 Å². The first-order chi connectivity index (χ1) is 13.7. The molecule has 7 heteroatoms. The number of nitrogens with zero attached hydrogens (tertiary/aromatic N) is 2. The van der Waals surface area contributed by atoms with E-state index in [-0.39, 0.29) is 43.3 Å². The van der Waals surface area contributed by atoms with E-state index >= 15 is 0 Å². The molecule has 0 spiro atoms. The van der Waals surface area contributed by atoms with Crippen LogP contribution in [0.5, 0.6) is 0 Å². The fourth-order valence-corrected chi connectivity index (χ4v) is 4.41. The lowest BCUT2D eigenvalue weighted by molar-refractivity contribution is -0.149. The van der Waals surface area contributed by atoms with E-state index in [1.165, 1.54) is 0 Å². The van der Waals surface area contributed by atoms with E-state index in [9.17, 15) is 14.7 Å². The Morgan fingerprint density at radius 1 is 1.21 bits per heavy atom. The summed E-state index contributed by atoms with van der Waals surface area (Å²) in [5, 5.41) is 10.4. The molecule has 0 unspecified atom stereocenters. The standard InChI is InChI=1S/C22H32N2O5/c1-15(25)20-18-11-10-17(24(18)21(27)29-22(2,3)4)12-23(20)13-19(26)28-14-16-8-6-5-7-9-16/h5-9,15,17-18,20,25H,10-14H2,1-4H3/t15-,17+,18-,20+/m0/s1. The predicted molar refractivity (Wildman–Crippen MR) is 108 cm³/mol. The minimum atomic E-state index is -0.689. The van der Waals surface area contributed by atoms with Gasteiger partial charge in [-0.05, 0) is 46.1 Å². The van der Waals surface area contributed by atoms with Crippen molar-refractivity contribution in [2.45, 2.75) is 77.0 Å². The van der Waals surface area contributed by atoms with Crippen LogP contribution >= 0.6 is 0 Å². The smallest absolute Gasteiger partial charge is 0.410 e. The summed E-state index contributed by atoms with van der Waals surface area (Å²) < 4.78 is 11.0. The van der Waals surface area contributed by atoms with Crippen molar-refractivity contribution < 1.29 is 24.2 Å². The highest BCUT2D eigenvalue weighted by molar-refractivity contribution is 5.72. The second-order valence-electron chi connectivity index (χ2n) is 8.99. The van der Waals surface area contributed by atoms with Gasteiger partial charge in [0.05, 0.1) is 24.7 Å². The number of piperazine rings is 1. The third-order valence-electron chi connectivity index (χ3n) is 5.48. The summed E-state index contributed by atoms with van der Waals surface area (Å²) in [6, 6.07) is 9.01. The summed E-state index contributed by atoms with van der Waals surface area (Å²) in [6.45, 7) is 8.08. The number of likely N-dealkylation sites (tertiary alicyclic amines) is 1. The second kappa shape index (κ2) is 8.71. The van der Waals surface area contributed by atoms with Crippen molar-refractivity contribution >= 4 is 12.1 Å². The highest BCUT2D eigenvalue weighted by Gasteiger charge is 2.51. The van der Waals surface area contributed by atoms with Crippen molar-refractivity contribution in [3.8, 4) is 0 Å². The maximum Gasteiger partial charge on any atom is 0.410 e. The molecule has 2 aliphatic heterocycles. The van der Waals surface area contributed by atoms with Crippen LogP contribution in [0.15, 0.2) is 30.3 Å². The molecule has 1 amide bonds. The molecule has 2 aliphatic rings. The average molecular weight is 405 g/mol. The summed E-state index contributed by atoms with van der Waals surface area (Å²) >= 11 is 0. The topological polar surface area (TPSA) is 79.3 Å². The molecule has 160 valence electrons. The van der Waals surface area contributed by atoms with E-state index in [4.69, 9.17) is 9.47 Å². The minimum Gasteiger partial charge on any atom is -0.460 e. The Kier molecular flexibility index (Phi) is 6.49. The maximum absolute atomic E-state index is 12.7. The van der Waals surface area contributed by atoms with Gasteiger partial charge in [-0.3, -0.25) is 14.6 Å². The van der Waals surface area contributed by atoms with Gasteiger partial charge in [0.25, 0.3) is 0 Å². The molecule has 2 fully saturated rings. The molecule has 1 aromatic rings. The highest BCUT2D eigenvalue weighted by Crippen LogP contribution is 2.36. The summed E-state index contributed by atoms with van der Waals surface area (Å²) in [5.74, 6) is -0.329. The third-order valence-corrected chi connectivity index (χ3v) is 5.48. The largest absolute Gasteiger partial charge is 0.460 e. The zero-order valence-electron chi connectivity index (χ0n) is 17.7. The Morgan fingerprint density at radius 2 is 1.90 bits per heavy atom. The van der Waals surface area contributed by atoms with E-state index < -0.39 is 11.7 Å². The molecule has 4 atom stereocenters. The van der Waals surface area contributed by atoms with Crippen LogP contribution in [-0.2, 0) is 20.9 Å². The molecule has 0 saturated carbocycles. The monoisotopic (exact) mass is 404 g/mol. The van der Waals surface area contributed by atoms with Gasteiger partial charge < -0.3 is 14.6 Å². The van der Waals surface area contributed by atoms with E-state index in [0.717, 1.165) is 18.4 Å². The number of ether oxygens (including phenoxy) is 2. The zero-order valence-corrected chi connectivity index (χ0v) is 17.7. The number of carbonyl (C=O) groups is 2. The first kappa shape index (κ1) is 21.6. The Hall–Kier alpha value is -2.12. The van der Waals surface area contributed by atoms with Gasteiger partial charge in [-0.15, -0.1) is 0 Å². The molecule has 0 aliphatic carbocycles. The number of hydrogen-bond acceptors (Lipinski definition) is 6. The summed E-state index contributed by atoms with van der Waals surface area (Å²) in [4.78, 5) is 28.9. The lowest BCUT2D eigenvalue weighted by Gasteiger charge is -2.47. The lowest BCUT2D eigenvalue weighted by atomic mass is 9.98. The Labute approximate surface area is 172 Å². The number of aliphatic hydroxyl groups excluding tert-OH is 1. The first-order valence-electron chi connectivity index (χ1n) is 10.3. The van der Waals surface area contributed by atoms with Crippen LogP contribution in [0.2, 0.25) is 0 Å². The highest BCUT2D eigenvalue weighted by atomic mass is 16.6. The number of hydrogen-bond donors (Lipinski definition) is 1. The van der Waals surface area contributed by atoms with Crippen LogP contribution in [0.4, 0.5) is 4.79 Å². The first-order valence-corrected chi connectivity index (χ1v) is 10.3. The summed E-state index contributed by atoms with van der Waals surface area (Å²) in [5.41, 5.74) is 0.359. The minimum absolute atomic E-state index is 0.0215. The third kappa shape index (κ3) is 5.28. The number of aliphatic hydroxyl groups is 1. The quantitative estimate of drug-likeness (QED) is 0.760. The van der Waals surface area contributed by atoms with Gasteiger partial charge in [-0.1, -0.05) is 30.3 Å². The van der Waals surface area contributed by atoms with E-state index in [0.29, 0.717) is 6.54 Å². The van der Waals surface area contributed by atoms with Gasteiger partial charge >= 0.3 is 12.1 Å². The van der Waals surface area contributed by atoms with Gasteiger partial charge in [0.15, 0.2) is 0 Å². The van der Waals surface area contributed by atoms with Gasteiger partial charge in [-0.2, -0.15) is 0 Å². The molecular formula is C22H32N2O5. The van der Waals surface area contributed by atoms with Crippen molar-refractivity contribution in [3.05, 3.63) is 35.9 Å². The number of carbonyl (C=O) groups excluding carboxylic acids is 2. The number of fused-ring (bicyclic) bond motifs is 2. The molecule has 7 nitrogen and oxygen atoms in total. The maximum atomic E-state index is 12.7. The fourth-order valence-electron chi connectivity index (χ4n) is 4.41. The van der Waals surface area contributed by atoms with E-state index in [2.05, 4.69) is 0 Å². The van der Waals surface area contributed by atoms with Crippen LogP contribution in [0.1, 0.15) is 46.1 Å². The molecule has 29 heavy (non-hydrogen) atoms. The molecular weight excluding hydrogens is 372 g/mol. The molecule has 1 N–H and O–H groups in total. The van der Waals surface area contributed by atoms with Crippen LogP contribution in [0, 0.1) is 0 Å². The lowest BCUT2D eigenvalue weighted by Crippen LogP contribution is -2.65. The summed E-state index contributed by atoms with van der Waals surface area (Å²) in [7, 11) is 0. The van der Waals surface area contributed by atoms with Crippen molar-refractivity contribution in [1.82, 2.24) is 9.80 Å². The molecule has 2 bridgehead atoms. The average Bonchev–Trinajstić information content (AvgIpc) is 2.94. The van der Waals surface area contributed by atoms with E-state index in [1.54, 1.807) is 11.8 Å². The molecule has 0 radical (unpaired) electrons. The van der Waals surface area contributed by atoms with Gasteiger partial charge in [-0.25, -0.2) is 4.79 Å². The Morgan fingerprint density at radius 3 is 2.52 bits per heavy atom. The summed E-state index contributed by atoms with van der Waals surface area (Å²) in [6.07, 6.45) is 0.588. The van der Waals surface area contributed by atoms with Crippen molar-refractivity contribution in [2.75, 3.05) is 13.1 Å². The zero-order chi connectivity index (χ0) is 21.2.